The van der Waals surface area contributed by atoms with Crippen molar-refractivity contribution >= 4 is 12.2 Å². The number of aryl methyl sites for hydroxylation is 1. The molecule has 0 spiro atoms. The third kappa shape index (κ3) is 2.77. The Hall–Kier alpha value is -1.62. The monoisotopic (exact) mass is 289 g/mol. The molecular weight excluding hydrogens is 270 g/mol. The van der Waals surface area contributed by atoms with E-state index in [1.54, 1.807) is 0 Å². The Morgan fingerprint density at radius 2 is 2.00 bits per heavy atom. The lowest BCUT2D eigenvalue weighted by molar-refractivity contribution is 0.283. The normalized spacial score (nSPS) is 15.7. The first-order chi connectivity index (χ1) is 9.74. The number of H-pyrrole nitrogens is 1. The zero-order valence-electron chi connectivity index (χ0n) is 11.6. The maximum atomic E-state index is 5.81. The Labute approximate surface area is 123 Å². The van der Waals surface area contributed by atoms with E-state index in [4.69, 9.17) is 17.0 Å². The molecule has 106 valence electrons. The van der Waals surface area contributed by atoms with Gasteiger partial charge in [0, 0.05) is 6.04 Å². The fraction of sp³-hybridized carbons (Fsp3) is 0.467. The molecule has 20 heavy (non-hydrogen) atoms. The predicted octanol–water partition coefficient (Wildman–Crippen LogP) is 3.94. The second-order valence-corrected chi connectivity index (χ2v) is 5.74. The summed E-state index contributed by atoms with van der Waals surface area (Å²) in [5, 5.41) is 7.21. The fourth-order valence-corrected chi connectivity index (χ4v) is 3.06. The highest BCUT2D eigenvalue weighted by atomic mass is 32.1. The summed E-state index contributed by atoms with van der Waals surface area (Å²) in [6.07, 6.45) is 4.92. The van der Waals surface area contributed by atoms with Crippen LogP contribution in [-0.4, -0.2) is 14.8 Å². The Morgan fingerprint density at radius 1 is 1.30 bits per heavy atom. The first kappa shape index (κ1) is 13.4. The van der Waals surface area contributed by atoms with Crippen molar-refractivity contribution < 1.29 is 4.74 Å². The standard InChI is InChI=1S/C15H19N3OS/c1-11-6-8-13(9-7-11)19-10-14-16-17-15(20)18(14)12-4-2-3-5-12/h6-9,12H,2-5,10H2,1H3,(H,17,20). The zero-order valence-corrected chi connectivity index (χ0v) is 12.4. The van der Waals surface area contributed by atoms with Crippen LogP contribution < -0.4 is 4.74 Å². The molecule has 0 bridgehead atoms. The predicted molar refractivity (Wildman–Crippen MR) is 80.4 cm³/mol. The summed E-state index contributed by atoms with van der Waals surface area (Å²) in [4.78, 5) is 0. The Balaban J connectivity index is 1.74. The first-order valence-electron chi connectivity index (χ1n) is 7.09. The molecule has 1 saturated carbocycles. The van der Waals surface area contributed by atoms with Crippen molar-refractivity contribution in [1.29, 1.82) is 0 Å². The second-order valence-electron chi connectivity index (χ2n) is 5.35. The molecule has 4 nitrogen and oxygen atoms in total. The molecule has 0 atom stereocenters. The van der Waals surface area contributed by atoms with Gasteiger partial charge in [-0.2, -0.15) is 5.10 Å². The average Bonchev–Trinajstić information content (AvgIpc) is 3.07. The van der Waals surface area contributed by atoms with Gasteiger partial charge < -0.3 is 4.74 Å². The van der Waals surface area contributed by atoms with Gasteiger partial charge in [-0.25, -0.2) is 0 Å². The minimum absolute atomic E-state index is 0.451. The molecule has 1 aliphatic carbocycles. The lowest BCUT2D eigenvalue weighted by Gasteiger charge is -2.14. The molecule has 1 aliphatic rings. The van der Waals surface area contributed by atoms with E-state index in [1.807, 2.05) is 24.3 Å². The van der Waals surface area contributed by atoms with Crippen LogP contribution in [0.5, 0.6) is 5.75 Å². The number of ether oxygens (including phenoxy) is 1. The number of aromatic nitrogens is 3. The molecule has 2 aromatic rings. The SMILES string of the molecule is Cc1ccc(OCc2n[nH]c(=S)n2C2CCCC2)cc1. The number of hydrogen-bond acceptors (Lipinski definition) is 3. The van der Waals surface area contributed by atoms with Crippen LogP contribution in [-0.2, 0) is 6.61 Å². The van der Waals surface area contributed by atoms with Crippen LogP contribution in [0.4, 0.5) is 0 Å². The molecule has 1 N–H and O–H groups in total. The van der Waals surface area contributed by atoms with Crippen LogP contribution in [0.3, 0.4) is 0 Å². The molecule has 0 unspecified atom stereocenters. The largest absolute Gasteiger partial charge is 0.486 e. The lowest BCUT2D eigenvalue weighted by atomic mass is 10.2. The van der Waals surface area contributed by atoms with Crippen molar-refractivity contribution in [2.45, 2.75) is 45.3 Å². The molecule has 1 heterocycles. The zero-order chi connectivity index (χ0) is 13.9. The van der Waals surface area contributed by atoms with E-state index in [0.29, 0.717) is 17.4 Å². The van der Waals surface area contributed by atoms with E-state index in [0.717, 1.165) is 11.6 Å². The summed E-state index contributed by atoms with van der Waals surface area (Å²) in [5.41, 5.74) is 1.23. The Morgan fingerprint density at radius 3 is 2.70 bits per heavy atom. The molecule has 1 aromatic carbocycles. The van der Waals surface area contributed by atoms with Crippen LogP contribution >= 0.6 is 12.2 Å². The quantitative estimate of drug-likeness (QED) is 0.867. The number of aromatic amines is 1. The maximum absolute atomic E-state index is 5.81. The van der Waals surface area contributed by atoms with E-state index in [9.17, 15) is 0 Å². The van der Waals surface area contributed by atoms with Gasteiger partial charge in [0.1, 0.15) is 12.4 Å². The molecule has 5 heteroatoms. The van der Waals surface area contributed by atoms with Crippen molar-refractivity contribution in [2.75, 3.05) is 0 Å². The highest BCUT2D eigenvalue weighted by Gasteiger charge is 2.21. The summed E-state index contributed by atoms with van der Waals surface area (Å²) in [7, 11) is 0. The van der Waals surface area contributed by atoms with Crippen LogP contribution in [0.25, 0.3) is 0 Å². The number of benzene rings is 1. The molecule has 0 radical (unpaired) electrons. The topological polar surface area (TPSA) is 42.8 Å². The van der Waals surface area contributed by atoms with Crippen molar-refractivity contribution in [3.05, 3.63) is 40.4 Å². The van der Waals surface area contributed by atoms with Gasteiger partial charge in [0.2, 0.25) is 0 Å². The summed E-state index contributed by atoms with van der Waals surface area (Å²) in [6, 6.07) is 8.54. The highest BCUT2D eigenvalue weighted by Crippen LogP contribution is 2.30. The first-order valence-corrected chi connectivity index (χ1v) is 7.50. The molecular formula is C15H19N3OS. The van der Waals surface area contributed by atoms with Gasteiger partial charge in [-0.3, -0.25) is 9.67 Å². The summed E-state index contributed by atoms with van der Waals surface area (Å²) >= 11 is 5.35. The van der Waals surface area contributed by atoms with Gasteiger partial charge in [0.05, 0.1) is 0 Å². The number of rotatable bonds is 4. The van der Waals surface area contributed by atoms with E-state index in [-0.39, 0.29) is 0 Å². The molecule has 3 rings (SSSR count). The summed E-state index contributed by atoms with van der Waals surface area (Å²) in [5.74, 6) is 1.75. The molecule has 0 amide bonds. The van der Waals surface area contributed by atoms with E-state index in [2.05, 4.69) is 21.7 Å². The number of nitrogens with one attached hydrogen (secondary N) is 1. The van der Waals surface area contributed by atoms with E-state index in [1.165, 1.54) is 31.2 Å². The van der Waals surface area contributed by atoms with Gasteiger partial charge in [0.25, 0.3) is 0 Å². The summed E-state index contributed by atoms with van der Waals surface area (Å²) in [6.45, 7) is 2.52. The van der Waals surface area contributed by atoms with Crippen LogP contribution in [0.2, 0.25) is 0 Å². The summed E-state index contributed by atoms with van der Waals surface area (Å²) < 4.78 is 8.65. The molecule has 1 aromatic heterocycles. The molecule has 0 saturated heterocycles. The van der Waals surface area contributed by atoms with Crippen molar-refractivity contribution in [3.8, 4) is 5.75 Å². The molecule has 1 fully saturated rings. The average molecular weight is 289 g/mol. The third-order valence-corrected chi connectivity index (χ3v) is 4.14. The van der Waals surface area contributed by atoms with Crippen LogP contribution in [0.1, 0.15) is 43.1 Å². The van der Waals surface area contributed by atoms with Crippen molar-refractivity contribution in [2.24, 2.45) is 0 Å². The van der Waals surface area contributed by atoms with Crippen molar-refractivity contribution in [1.82, 2.24) is 14.8 Å². The van der Waals surface area contributed by atoms with Gasteiger partial charge in [0.15, 0.2) is 10.6 Å². The minimum atomic E-state index is 0.451. The Kier molecular flexibility index (Phi) is 3.87. The van der Waals surface area contributed by atoms with Gasteiger partial charge in [-0.15, -0.1) is 0 Å². The smallest absolute Gasteiger partial charge is 0.195 e. The fourth-order valence-electron chi connectivity index (χ4n) is 2.76. The number of hydrogen-bond donors (Lipinski definition) is 1. The lowest BCUT2D eigenvalue weighted by Crippen LogP contribution is -2.11. The Bertz CT molecular complexity index is 623. The van der Waals surface area contributed by atoms with E-state index < -0.39 is 0 Å². The maximum Gasteiger partial charge on any atom is 0.195 e. The van der Waals surface area contributed by atoms with Crippen LogP contribution in [0, 0.1) is 11.7 Å². The van der Waals surface area contributed by atoms with Gasteiger partial charge in [-0.05, 0) is 44.1 Å². The molecule has 0 aliphatic heterocycles. The van der Waals surface area contributed by atoms with Crippen molar-refractivity contribution in [3.63, 3.8) is 0 Å². The van der Waals surface area contributed by atoms with Crippen LogP contribution in [0.15, 0.2) is 24.3 Å². The second kappa shape index (κ2) is 5.79. The van der Waals surface area contributed by atoms with Gasteiger partial charge >= 0.3 is 0 Å². The van der Waals surface area contributed by atoms with Gasteiger partial charge in [-0.1, -0.05) is 30.5 Å². The highest BCUT2D eigenvalue weighted by molar-refractivity contribution is 7.71. The van der Waals surface area contributed by atoms with E-state index >= 15 is 0 Å². The number of nitrogens with zero attached hydrogens (tertiary/aromatic N) is 2. The minimum Gasteiger partial charge on any atom is -0.486 e. The third-order valence-electron chi connectivity index (χ3n) is 3.86.